The Bertz CT molecular complexity index is 902. The molecule has 0 bridgehead atoms. The van der Waals surface area contributed by atoms with Crippen LogP contribution in [0.1, 0.15) is 5.56 Å². The van der Waals surface area contributed by atoms with Crippen molar-refractivity contribution in [2.24, 2.45) is 0 Å². The van der Waals surface area contributed by atoms with Crippen LogP contribution < -0.4 is 10.4 Å². The van der Waals surface area contributed by atoms with Crippen molar-refractivity contribution in [3.05, 3.63) is 39.8 Å². The molecule has 27 heavy (non-hydrogen) atoms. The van der Waals surface area contributed by atoms with Gasteiger partial charge in [0, 0.05) is 17.3 Å². The van der Waals surface area contributed by atoms with E-state index in [-0.39, 0.29) is 16.8 Å². The molecule has 0 saturated carbocycles. The molecule has 0 spiro atoms. The summed E-state index contributed by atoms with van der Waals surface area (Å²) in [5, 5.41) is 38.4. The summed E-state index contributed by atoms with van der Waals surface area (Å²) in [6, 6.07) is 1.82. The molecule has 1 aromatic heterocycles. The van der Waals surface area contributed by atoms with E-state index in [2.05, 4.69) is 0 Å². The summed E-state index contributed by atoms with van der Waals surface area (Å²) >= 11 is 5.67. The van der Waals surface area contributed by atoms with Crippen LogP contribution in [0.15, 0.2) is 21.3 Å². The summed E-state index contributed by atoms with van der Waals surface area (Å²) in [5.74, 6) is -3.83. The fraction of sp³-hybridized carbons (Fsp3) is 0.438. The lowest BCUT2D eigenvalue weighted by Crippen LogP contribution is -2.60. The van der Waals surface area contributed by atoms with E-state index in [1.807, 2.05) is 0 Å². The van der Waals surface area contributed by atoms with E-state index in [1.54, 1.807) is 0 Å². The van der Waals surface area contributed by atoms with Gasteiger partial charge in [0.25, 0.3) is 0 Å². The highest BCUT2D eigenvalue weighted by atomic mass is 35.5. The molecule has 0 amide bonds. The summed E-state index contributed by atoms with van der Waals surface area (Å²) in [4.78, 5) is 11.5. The minimum Gasteiger partial charge on any atom is -0.456 e. The van der Waals surface area contributed by atoms with Crippen molar-refractivity contribution in [3.63, 3.8) is 0 Å². The molecule has 1 aromatic carbocycles. The second kappa shape index (κ2) is 7.66. The van der Waals surface area contributed by atoms with Crippen molar-refractivity contribution in [1.82, 2.24) is 0 Å². The van der Waals surface area contributed by atoms with Crippen LogP contribution in [0.3, 0.4) is 0 Å². The maximum Gasteiger partial charge on any atom is 0.336 e. The van der Waals surface area contributed by atoms with Gasteiger partial charge in [-0.15, -0.1) is 11.6 Å². The zero-order valence-corrected chi connectivity index (χ0v) is 14.3. The Kier molecular flexibility index (Phi) is 5.65. The second-order valence-electron chi connectivity index (χ2n) is 5.92. The number of aliphatic hydroxyl groups excluding tert-OH is 4. The molecular formula is C16H15ClF2O8. The highest BCUT2D eigenvalue weighted by Crippen LogP contribution is 2.33. The molecule has 0 radical (unpaired) electrons. The van der Waals surface area contributed by atoms with E-state index in [4.69, 9.17) is 30.6 Å². The monoisotopic (exact) mass is 408 g/mol. The highest BCUT2D eigenvalue weighted by molar-refractivity contribution is 6.17. The number of rotatable bonds is 4. The molecule has 5 atom stereocenters. The quantitative estimate of drug-likeness (QED) is 0.410. The average Bonchev–Trinajstić information content (AvgIpc) is 2.65. The van der Waals surface area contributed by atoms with Gasteiger partial charge in [-0.25, -0.2) is 9.18 Å². The minimum absolute atomic E-state index is 0.0826. The SMILES string of the molecule is O=c1cc(CCl)c2cc(F)c(OC3O[C@H](CO)[C@H](O)[C@H](O)[C@H]3O)c(F)c2o1. The van der Waals surface area contributed by atoms with Gasteiger partial charge in [0.1, 0.15) is 24.4 Å². The molecule has 2 heterocycles. The smallest absolute Gasteiger partial charge is 0.336 e. The fourth-order valence-electron chi connectivity index (χ4n) is 2.77. The van der Waals surface area contributed by atoms with Crippen LogP contribution in [0.25, 0.3) is 11.0 Å². The molecule has 1 unspecified atom stereocenters. The number of halogens is 3. The van der Waals surface area contributed by atoms with Crippen LogP contribution in [0, 0.1) is 11.6 Å². The largest absolute Gasteiger partial charge is 0.456 e. The molecule has 0 aliphatic carbocycles. The van der Waals surface area contributed by atoms with Gasteiger partial charge in [-0.05, 0) is 11.6 Å². The Balaban J connectivity index is 2.03. The molecule has 4 N–H and O–H groups in total. The van der Waals surface area contributed by atoms with Crippen molar-refractivity contribution in [3.8, 4) is 5.75 Å². The maximum atomic E-state index is 14.7. The first-order chi connectivity index (χ1) is 12.8. The molecule has 1 fully saturated rings. The Labute approximate surface area is 155 Å². The van der Waals surface area contributed by atoms with Crippen LogP contribution in [0.2, 0.25) is 0 Å². The maximum absolute atomic E-state index is 14.7. The van der Waals surface area contributed by atoms with E-state index in [1.165, 1.54) is 0 Å². The number of aliphatic hydroxyl groups is 4. The third-order valence-corrected chi connectivity index (χ3v) is 4.49. The molecule has 11 heteroatoms. The second-order valence-corrected chi connectivity index (χ2v) is 6.18. The van der Waals surface area contributed by atoms with Gasteiger partial charge in [0.2, 0.25) is 12.1 Å². The number of alkyl halides is 1. The van der Waals surface area contributed by atoms with Gasteiger partial charge >= 0.3 is 5.63 Å². The first kappa shape index (κ1) is 19.9. The zero-order chi connectivity index (χ0) is 19.9. The Morgan fingerprint density at radius 1 is 1.15 bits per heavy atom. The summed E-state index contributed by atoms with van der Waals surface area (Å²) in [5.41, 5.74) is -1.39. The van der Waals surface area contributed by atoms with Gasteiger partial charge in [0.05, 0.1) is 6.61 Å². The molecule has 2 aromatic rings. The number of hydrogen-bond donors (Lipinski definition) is 4. The van der Waals surface area contributed by atoms with Crippen molar-refractivity contribution < 1.29 is 43.1 Å². The van der Waals surface area contributed by atoms with E-state index >= 15 is 0 Å². The molecular weight excluding hydrogens is 394 g/mol. The molecule has 148 valence electrons. The van der Waals surface area contributed by atoms with E-state index in [9.17, 15) is 28.9 Å². The van der Waals surface area contributed by atoms with Crippen molar-refractivity contribution in [2.75, 3.05) is 6.61 Å². The summed E-state index contributed by atoms with van der Waals surface area (Å²) in [6.07, 6.45) is -8.49. The number of hydrogen-bond acceptors (Lipinski definition) is 8. The lowest BCUT2D eigenvalue weighted by atomic mass is 9.99. The number of ether oxygens (including phenoxy) is 2. The topological polar surface area (TPSA) is 130 Å². The average molecular weight is 409 g/mol. The lowest BCUT2D eigenvalue weighted by molar-refractivity contribution is -0.278. The third-order valence-electron chi connectivity index (χ3n) is 4.20. The van der Waals surface area contributed by atoms with Crippen LogP contribution >= 0.6 is 11.6 Å². The van der Waals surface area contributed by atoms with Crippen molar-refractivity contribution in [2.45, 2.75) is 36.6 Å². The zero-order valence-electron chi connectivity index (χ0n) is 13.5. The molecule has 1 aliphatic heterocycles. The van der Waals surface area contributed by atoms with E-state index < -0.39 is 65.9 Å². The van der Waals surface area contributed by atoms with E-state index in [0.717, 1.165) is 12.1 Å². The van der Waals surface area contributed by atoms with Gasteiger partial charge in [-0.3, -0.25) is 0 Å². The molecule has 8 nitrogen and oxygen atoms in total. The third kappa shape index (κ3) is 3.51. The van der Waals surface area contributed by atoms with Crippen LogP contribution in [-0.4, -0.2) is 57.7 Å². The predicted molar refractivity (Wildman–Crippen MR) is 86.4 cm³/mol. The van der Waals surface area contributed by atoms with Crippen LogP contribution in [0.5, 0.6) is 5.75 Å². The Hall–Kier alpha value is -1.82. The van der Waals surface area contributed by atoms with Crippen LogP contribution in [-0.2, 0) is 10.6 Å². The Morgan fingerprint density at radius 3 is 2.48 bits per heavy atom. The van der Waals surface area contributed by atoms with Crippen LogP contribution in [0.4, 0.5) is 8.78 Å². The predicted octanol–water partition coefficient (Wildman–Crippen LogP) is -0.0113. The summed E-state index contributed by atoms with van der Waals surface area (Å²) in [7, 11) is 0. The first-order valence-electron chi connectivity index (χ1n) is 7.76. The fourth-order valence-corrected chi connectivity index (χ4v) is 2.99. The number of benzene rings is 1. The minimum atomic E-state index is -1.88. The Morgan fingerprint density at radius 2 is 1.85 bits per heavy atom. The van der Waals surface area contributed by atoms with Gasteiger partial charge in [0.15, 0.2) is 17.1 Å². The van der Waals surface area contributed by atoms with Gasteiger partial charge in [-0.2, -0.15) is 4.39 Å². The normalized spacial score (nSPS) is 28.5. The molecule has 3 rings (SSSR count). The first-order valence-corrected chi connectivity index (χ1v) is 8.29. The molecule has 1 aliphatic rings. The standard InChI is InChI=1S/C16H15ClF2O8/c17-3-5-1-9(21)26-14-6(5)2-7(18)15(10(14)19)27-16-13(24)12(23)11(22)8(4-20)25-16/h1-2,8,11-13,16,20,22-24H,3-4H2/t8-,11+,12+,13-,16?/m1/s1. The summed E-state index contributed by atoms with van der Waals surface area (Å²) in [6.45, 7) is -0.749. The van der Waals surface area contributed by atoms with Crippen molar-refractivity contribution >= 4 is 22.6 Å². The van der Waals surface area contributed by atoms with Gasteiger partial charge < -0.3 is 34.3 Å². The molecule has 1 saturated heterocycles. The van der Waals surface area contributed by atoms with Crippen molar-refractivity contribution in [1.29, 1.82) is 0 Å². The number of fused-ring (bicyclic) bond motifs is 1. The lowest BCUT2D eigenvalue weighted by Gasteiger charge is -2.39. The van der Waals surface area contributed by atoms with E-state index in [0.29, 0.717) is 0 Å². The summed E-state index contributed by atoms with van der Waals surface area (Å²) < 4.78 is 43.9. The highest BCUT2D eigenvalue weighted by Gasteiger charge is 2.45. The van der Waals surface area contributed by atoms with Gasteiger partial charge in [-0.1, -0.05) is 0 Å².